The van der Waals surface area contributed by atoms with E-state index in [9.17, 15) is 4.79 Å². The Morgan fingerprint density at radius 3 is 2.59 bits per heavy atom. The van der Waals surface area contributed by atoms with Crippen molar-refractivity contribution in [1.29, 1.82) is 0 Å². The minimum absolute atomic E-state index is 0.0480. The van der Waals surface area contributed by atoms with E-state index in [4.69, 9.17) is 0 Å². The molecule has 0 unspecified atom stereocenters. The molecule has 4 rings (SSSR count). The number of benzene rings is 2. The molecule has 0 saturated carbocycles. The average Bonchev–Trinajstić information content (AvgIpc) is 3.10. The van der Waals surface area contributed by atoms with Crippen LogP contribution in [0.25, 0.3) is 0 Å². The van der Waals surface area contributed by atoms with E-state index in [0.717, 1.165) is 6.42 Å². The molecule has 0 radical (unpaired) electrons. The van der Waals surface area contributed by atoms with E-state index in [2.05, 4.69) is 64.0 Å². The van der Waals surface area contributed by atoms with Gasteiger partial charge in [-0.3, -0.25) is 10.1 Å². The van der Waals surface area contributed by atoms with E-state index in [0.29, 0.717) is 18.3 Å². The first-order valence-corrected chi connectivity index (χ1v) is 9.28. The van der Waals surface area contributed by atoms with E-state index >= 15 is 0 Å². The highest BCUT2D eigenvalue weighted by atomic mass is 16.1. The van der Waals surface area contributed by atoms with Crippen LogP contribution in [0.2, 0.25) is 0 Å². The molecule has 1 aliphatic heterocycles. The number of aromatic nitrogens is 3. The maximum absolute atomic E-state index is 11.7. The molecule has 138 valence electrons. The third-order valence-corrected chi connectivity index (χ3v) is 4.93. The average molecular weight is 361 g/mol. The number of rotatable bonds is 4. The summed E-state index contributed by atoms with van der Waals surface area (Å²) in [5.74, 6) is 0.923. The topological polar surface area (TPSA) is 71.8 Å². The van der Waals surface area contributed by atoms with Gasteiger partial charge < -0.3 is 5.32 Å². The number of amides is 1. The fraction of sp³-hybridized carbons (Fsp3) is 0.286. The Morgan fingerprint density at radius 1 is 1.15 bits per heavy atom. The number of hydrogen-bond acceptors (Lipinski definition) is 4. The summed E-state index contributed by atoms with van der Waals surface area (Å²) in [6, 6.07) is 19.0. The Labute approximate surface area is 158 Å². The van der Waals surface area contributed by atoms with Crippen molar-refractivity contribution in [2.45, 2.75) is 38.8 Å². The Hall–Kier alpha value is -3.15. The van der Waals surface area contributed by atoms with Crippen LogP contribution in [0, 0.1) is 6.92 Å². The molecular formula is C21H23N5O. The van der Waals surface area contributed by atoms with Crippen LogP contribution in [0.5, 0.6) is 0 Å². The highest BCUT2D eigenvalue weighted by Crippen LogP contribution is 2.38. The molecule has 2 aromatic carbocycles. The second-order valence-electron chi connectivity index (χ2n) is 6.88. The van der Waals surface area contributed by atoms with Crippen molar-refractivity contribution in [1.82, 2.24) is 14.8 Å². The summed E-state index contributed by atoms with van der Waals surface area (Å²) in [5, 5.41) is 10.8. The molecule has 6 nitrogen and oxygen atoms in total. The lowest BCUT2D eigenvalue weighted by Gasteiger charge is -2.31. The van der Waals surface area contributed by atoms with Crippen LogP contribution in [0.1, 0.15) is 48.5 Å². The van der Waals surface area contributed by atoms with E-state index in [-0.39, 0.29) is 18.0 Å². The van der Waals surface area contributed by atoms with Crippen molar-refractivity contribution < 1.29 is 4.79 Å². The molecule has 3 aromatic rings. The zero-order valence-corrected chi connectivity index (χ0v) is 15.5. The summed E-state index contributed by atoms with van der Waals surface area (Å²) < 4.78 is 1.88. The van der Waals surface area contributed by atoms with Crippen molar-refractivity contribution in [2.24, 2.45) is 0 Å². The Kier molecular flexibility index (Phi) is 4.62. The fourth-order valence-electron chi connectivity index (χ4n) is 3.41. The van der Waals surface area contributed by atoms with Gasteiger partial charge in [0.2, 0.25) is 11.9 Å². The van der Waals surface area contributed by atoms with Crippen molar-refractivity contribution in [3.05, 3.63) is 71.3 Å². The summed E-state index contributed by atoms with van der Waals surface area (Å²) >= 11 is 0. The minimum Gasteiger partial charge on any atom is -0.347 e. The van der Waals surface area contributed by atoms with E-state index in [1.54, 1.807) is 0 Å². The van der Waals surface area contributed by atoms with E-state index < -0.39 is 0 Å². The van der Waals surface area contributed by atoms with Gasteiger partial charge in [0, 0.05) is 6.42 Å². The predicted molar refractivity (Wildman–Crippen MR) is 106 cm³/mol. The summed E-state index contributed by atoms with van der Waals surface area (Å²) in [7, 11) is 0. The molecule has 6 heteroatoms. The number of aryl methyl sites for hydroxylation is 1. The number of nitrogens with one attached hydrogen (secondary N) is 2. The maximum Gasteiger partial charge on any atom is 0.250 e. The summed E-state index contributed by atoms with van der Waals surface area (Å²) in [5.41, 5.74) is 3.62. The van der Waals surface area contributed by atoms with Gasteiger partial charge in [0.1, 0.15) is 0 Å². The number of nitrogens with zero attached hydrogens (tertiary/aromatic N) is 3. The van der Waals surface area contributed by atoms with E-state index in [1.807, 2.05) is 29.8 Å². The van der Waals surface area contributed by atoms with Crippen molar-refractivity contribution >= 4 is 17.8 Å². The van der Waals surface area contributed by atoms with Crippen LogP contribution in [-0.2, 0) is 4.79 Å². The lowest BCUT2D eigenvalue weighted by Crippen LogP contribution is -2.28. The van der Waals surface area contributed by atoms with Gasteiger partial charge in [-0.1, -0.05) is 67.1 Å². The molecule has 1 aromatic heterocycles. The second kappa shape index (κ2) is 7.23. The third-order valence-electron chi connectivity index (χ3n) is 4.93. The Balaban J connectivity index is 1.72. The van der Waals surface area contributed by atoms with Crippen molar-refractivity contribution in [3.8, 4) is 0 Å². The Morgan fingerprint density at radius 2 is 1.89 bits per heavy atom. The monoisotopic (exact) mass is 361 g/mol. The van der Waals surface area contributed by atoms with Crippen LogP contribution >= 0.6 is 0 Å². The highest BCUT2D eigenvalue weighted by Gasteiger charge is 2.31. The fourth-order valence-corrected chi connectivity index (χ4v) is 3.41. The first-order chi connectivity index (χ1) is 13.1. The molecule has 2 atom stereocenters. The maximum atomic E-state index is 11.7. The van der Waals surface area contributed by atoms with Gasteiger partial charge in [-0.2, -0.15) is 4.98 Å². The lowest BCUT2D eigenvalue weighted by atomic mass is 9.93. The number of carbonyl (C=O) groups excluding carboxylic acids is 1. The van der Waals surface area contributed by atoms with Crippen LogP contribution in [0.3, 0.4) is 0 Å². The van der Waals surface area contributed by atoms with Gasteiger partial charge in [-0.15, -0.1) is 5.10 Å². The van der Waals surface area contributed by atoms with E-state index in [1.165, 1.54) is 16.7 Å². The normalized spacial score (nSPS) is 18.4. The third kappa shape index (κ3) is 3.56. The molecule has 1 aliphatic rings. The number of fused-ring (bicyclic) bond motifs is 1. The number of carbonyl (C=O) groups is 1. The SMILES string of the molecule is CCC(=O)Nc1nc2n(n1)[C@@H](c1ccc(C)cc1)C[C@H](c1ccccc1)N2. The largest absolute Gasteiger partial charge is 0.347 e. The smallest absolute Gasteiger partial charge is 0.250 e. The van der Waals surface area contributed by atoms with Gasteiger partial charge in [-0.25, -0.2) is 4.68 Å². The predicted octanol–water partition coefficient (Wildman–Crippen LogP) is 4.08. The van der Waals surface area contributed by atoms with Gasteiger partial charge in [0.05, 0.1) is 12.1 Å². The number of anilines is 2. The van der Waals surface area contributed by atoms with Gasteiger partial charge >= 0.3 is 0 Å². The van der Waals surface area contributed by atoms with Crippen molar-refractivity contribution in [2.75, 3.05) is 10.6 Å². The standard InChI is InChI=1S/C21H23N5O/c1-3-19(27)23-20-24-21-22-17(15-7-5-4-6-8-15)13-18(26(21)25-20)16-11-9-14(2)10-12-16/h4-12,17-18H,3,13H2,1-2H3,(H2,22,23,24,25,27)/t17-,18-/m1/s1. The molecule has 0 bridgehead atoms. The first-order valence-electron chi connectivity index (χ1n) is 9.28. The summed E-state index contributed by atoms with van der Waals surface area (Å²) in [6.07, 6.45) is 1.25. The molecule has 27 heavy (non-hydrogen) atoms. The molecule has 1 amide bonds. The van der Waals surface area contributed by atoms with Gasteiger partial charge in [0.25, 0.3) is 5.95 Å². The highest BCUT2D eigenvalue weighted by molar-refractivity contribution is 5.88. The van der Waals surface area contributed by atoms with Crippen molar-refractivity contribution in [3.63, 3.8) is 0 Å². The molecular weight excluding hydrogens is 338 g/mol. The van der Waals surface area contributed by atoms with Crippen LogP contribution in [0.4, 0.5) is 11.9 Å². The zero-order chi connectivity index (χ0) is 18.8. The quantitative estimate of drug-likeness (QED) is 0.734. The molecule has 2 heterocycles. The Bertz CT molecular complexity index is 933. The van der Waals surface area contributed by atoms with Crippen LogP contribution < -0.4 is 10.6 Å². The van der Waals surface area contributed by atoms with Gasteiger partial charge in [0.15, 0.2) is 0 Å². The molecule has 0 spiro atoms. The summed E-state index contributed by atoms with van der Waals surface area (Å²) in [4.78, 5) is 16.3. The number of hydrogen-bond donors (Lipinski definition) is 2. The summed E-state index contributed by atoms with van der Waals surface area (Å²) in [6.45, 7) is 3.89. The molecule has 2 N–H and O–H groups in total. The minimum atomic E-state index is -0.0931. The molecule has 0 fully saturated rings. The van der Waals surface area contributed by atoms with Gasteiger partial charge in [-0.05, 0) is 24.5 Å². The van der Waals surface area contributed by atoms with Crippen LogP contribution in [-0.4, -0.2) is 20.7 Å². The molecule has 0 aliphatic carbocycles. The lowest BCUT2D eigenvalue weighted by molar-refractivity contribution is -0.115. The van der Waals surface area contributed by atoms with Crippen LogP contribution in [0.15, 0.2) is 54.6 Å². The second-order valence-corrected chi connectivity index (χ2v) is 6.88. The zero-order valence-electron chi connectivity index (χ0n) is 15.5. The molecule has 0 saturated heterocycles. The first kappa shape index (κ1) is 17.3.